The second-order valence-corrected chi connectivity index (χ2v) is 9.92. The SMILES string of the molecule is N#CC1(CN2CC3(CCC(C(=O)Nc4cccc(Cl)c4)CC3)C2)CCC(F)CC1. The molecule has 2 aliphatic carbocycles. The predicted octanol–water partition coefficient (Wildman–Crippen LogP) is 5.19. The number of hydrogen-bond donors (Lipinski definition) is 1. The van der Waals surface area contributed by atoms with Crippen LogP contribution < -0.4 is 5.32 Å². The summed E-state index contributed by atoms with van der Waals surface area (Å²) >= 11 is 5.99. The van der Waals surface area contributed by atoms with Crippen LogP contribution in [0.1, 0.15) is 51.4 Å². The maximum atomic E-state index is 13.5. The molecule has 6 heteroatoms. The number of nitriles is 1. The summed E-state index contributed by atoms with van der Waals surface area (Å²) in [4.78, 5) is 15.0. The summed E-state index contributed by atoms with van der Waals surface area (Å²) in [5.74, 6) is 0.142. The molecule has 1 N–H and O–H groups in total. The van der Waals surface area contributed by atoms with Crippen LogP contribution in [0.4, 0.5) is 10.1 Å². The standard InChI is InChI=1S/C23H29ClFN3O/c24-18-2-1-3-20(12-18)27-21(29)17-4-8-23(9-5-17)15-28(16-23)14-22(13-26)10-6-19(25)7-11-22/h1-3,12,17,19H,4-11,14-16H2,(H,27,29). The van der Waals surface area contributed by atoms with E-state index in [4.69, 9.17) is 11.6 Å². The molecule has 0 unspecified atom stereocenters. The van der Waals surface area contributed by atoms with Crippen molar-refractivity contribution in [2.45, 2.75) is 57.5 Å². The number of alkyl halides is 1. The van der Waals surface area contributed by atoms with E-state index < -0.39 is 6.17 Å². The molecule has 1 aromatic rings. The Balaban J connectivity index is 1.24. The molecule has 1 heterocycles. The van der Waals surface area contributed by atoms with Crippen LogP contribution in [-0.4, -0.2) is 36.6 Å². The van der Waals surface area contributed by atoms with E-state index in [9.17, 15) is 14.4 Å². The normalized spacial score (nSPS) is 29.8. The monoisotopic (exact) mass is 417 g/mol. The number of halogens is 2. The minimum Gasteiger partial charge on any atom is -0.326 e. The Morgan fingerprint density at radius 1 is 1.21 bits per heavy atom. The van der Waals surface area contributed by atoms with Gasteiger partial charge in [-0.3, -0.25) is 4.79 Å². The van der Waals surface area contributed by atoms with Crippen molar-refractivity contribution in [2.24, 2.45) is 16.7 Å². The van der Waals surface area contributed by atoms with Crippen LogP contribution in [0.5, 0.6) is 0 Å². The van der Waals surface area contributed by atoms with Crippen LogP contribution in [0.25, 0.3) is 0 Å². The van der Waals surface area contributed by atoms with Crippen molar-refractivity contribution in [1.82, 2.24) is 4.90 Å². The highest BCUT2D eigenvalue weighted by Crippen LogP contribution is 2.48. The molecule has 29 heavy (non-hydrogen) atoms. The first kappa shape index (κ1) is 20.6. The number of nitrogens with one attached hydrogen (secondary N) is 1. The highest BCUT2D eigenvalue weighted by atomic mass is 35.5. The number of carbonyl (C=O) groups is 1. The van der Waals surface area contributed by atoms with Gasteiger partial charge in [0.05, 0.1) is 11.5 Å². The van der Waals surface area contributed by atoms with Crippen LogP contribution in [-0.2, 0) is 4.79 Å². The summed E-state index contributed by atoms with van der Waals surface area (Å²) < 4.78 is 13.5. The van der Waals surface area contributed by atoms with E-state index >= 15 is 0 Å². The molecular formula is C23H29ClFN3O. The van der Waals surface area contributed by atoms with Gasteiger partial charge in [0.1, 0.15) is 6.17 Å². The Morgan fingerprint density at radius 2 is 1.90 bits per heavy atom. The number of likely N-dealkylation sites (tertiary alicyclic amines) is 1. The van der Waals surface area contributed by atoms with Crippen molar-refractivity contribution in [3.63, 3.8) is 0 Å². The molecule has 2 saturated carbocycles. The number of rotatable bonds is 4. The average molecular weight is 418 g/mol. The lowest BCUT2D eigenvalue weighted by Crippen LogP contribution is -2.60. The van der Waals surface area contributed by atoms with Gasteiger partial charge in [-0.05, 0) is 75.0 Å². The molecular weight excluding hydrogens is 389 g/mol. The van der Waals surface area contributed by atoms with Crippen molar-refractivity contribution >= 4 is 23.2 Å². The Kier molecular flexibility index (Phi) is 5.86. The molecule has 1 aliphatic heterocycles. The topological polar surface area (TPSA) is 56.1 Å². The molecule has 4 rings (SSSR count). The fourth-order valence-corrected chi connectivity index (χ4v) is 5.69. The average Bonchev–Trinajstić information content (AvgIpc) is 2.69. The summed E-state index contributed by atoms with van der Waals surface area (Å²) in [7, 11) is 0. The quantitative estimate of drug-likeness (QED) is 0.733. The molecule has 0 bridgehead atoms. The van der Waals surface area contributed by atoms with Crippen LogP contribution in [0.2, 0.25) is 5.02 Å². The van der Waals surface area contributed by atoms with E-state index in [1.807, 2.05) is 12.1 Å². The summed E-state index contributed by atoms with van der Waals surface area (Å²) in [5.41, 5.74) is 0.696. The van der Waals surface area contributed by atoms with Gasteiger partial charge in [-0.1, -0.05) is 17.7 Å². The second-order valence-electron chi connectivity index (χ2n) is 9.49. The van der Waals surface area contributed by atoms with E-state index in [-0.39, 0.29) is 17.2 Å². The number of nitrogens with zero attached hydrogens (tertiary/aromatic N) is 2. The summed E-state index contributed by atoms with van der Waals surface area (Å²) in [6, 6.07) is 9.77. The van der Waals surface area contributed by atoms with E-state index in [0.717, 1.165) is 51.0 Å². The van der Waals surface area contributed by atoms with Gasteiger partial charge in [-0.25, -0.2) is 4.39 Å². The van der Waals surface area contributed by atoms with Gasteiger partial charge in [-0.2, -0.15) is 5.26 Å². The number of anilines is 1. The first-order valence-electron chi connectivity index (χ1n) is 10.8. The molecule has 3 fully saturated rings. The zero-order valence-electron chi connectivity index (χ0n) is 16.8. The van der Waals surface area contributed by atoms with Gasteiger partial charge in [0.2, 0.25) is 5.91 Å². The maximum absolute atomic E-state index is 13.5. The van der Waals surface area contributed by atoms with E-state index in [1.165, 1.54) is 0 Å². The van der Waals surface area contributed by atoms with E-state index in [0.29, 0.717) is 36.1 Å². The highest BCUT2D eigenvalue weighted by molar-refractivity contribution is 6.30. The van der Waals surface area contributed by atoms with Gasteiger partial charge in [0.15, 0.2) is 0 Å². The van der Waals surface area contributed by atoms with Gasteiger partial charge in [0.25, 0.3) is 0 Å². The Hall–Kier alpha value is -1.64. The Bertz CT molecular complexity index is 784. The molecule has 1 amide bonds. The first-order valence-corrected chi connectivity index (χ1v) is 11.1. The molecule has 0 atom stereocenters. The zero-order valence-corrected chi connectivity index (χ0v) is 17.6. The lowest BCUT2D eigenvalue weighted by Gasteiger charge is -2.55. The highest BCUT2D eigenvalue weighted by Gasteiger charge is 2.48. The van der Waals surface area contributed by atoms with Crippen molar-refractivity contribution in [3.8, 4) is 6.07 Å². The van der Waals surface area contributed by atoms with E-state index in [2.05, 4.69) is 16.3 Å². The third kappa shape index (κ3) is 4.59. The van der Waals surface area contributed by atoms with Crippen LogP contribution in [0.3, 0.4) is 0 Å². The minimum atomic E-state index is -0.729. The maximum Gasteiger partial charge on any atom is 0.227 e. The molecule has 1 aromatic carbocycles. The van der Waals surface area contributed by atoms with Gasteiger partial charge in [-0.15, -0.1) is 0 Å². The fourth-order valence-electron chi connectivity index (χ4n) is 5.50. The largest absolute Gasteiger partial charge is 0.326 e. The molecule has 0 radical (unpaired) electrons. The third-order valence-corrected chi connectivity index (χ3v) is 7.50. The third-order valence-electron chi connectivity index (χ3n) is 7.26. The molecule has 3 aliphatic rings. The fraction of sp³-hybridized carbons (Fsp3) is 0.652. The molecule has 4 nitrogen and oxygen atoms in total. The Labute approximate surface area is 177 Å². The van der Waals surface area contributed by atoms with Crippen LogP contribution >= 0.6 is 11.6 Å². The second kappa shape index (κ2) is 8.24. The number of benzene rings is 1. The van der Waals surface area contributed by atoms with Crippen molar-refractivity contribution in [3.05, 3.63) is 29.3 Å². The summed E-state index contributed by atoms with van der Waals surface area (Å²) in [6.07, 6.45) is 5.62. The van der Waals surface area contributed by atoms with Crippen LogP contribution in [0.15, 0.2) is 24.3 Å². The van der Waals surface area contributed by atoms with Crippen molar-refractivity contribution < 1.29 is 9.18 Å². The number of hydrogen-bond acceptors (Lipinski definition) is 3. The van der Waals surface area contributed by atoms with Crippen LogP contribution in [0, 0.1) is 28.1 Å². The summed E-state index contributed by atoms with van der Waals surface area (Å²) in [6.45, 7) is 2.80. The number of amides is 1. The van der Waals surface area contributed by atoms with Gasteiger partial charge < -0.3 is 10.2 Å². The zero-order chi connectivity index (χ0) is 20.5. The lowest BCUT2D eigenvalue weighted by atomic mass is 9.64. The van der Waals surface area contributed by atoms with Gasteiger partial charge >= 0.3 is 0 Å². The predicted molar refractivity (Wildman–Crippen MR) is 112 cm³/mol. The molecule has 0 aromatic heterocycles. The lowest BCUT2D eigenvalue weighted by molar-refractivity contribution is -0.123. The number of carbonyl (C=O) groups excluding carboxylic acids is 1. The Morgan fingerprint density at radius 3 is 2.52 bits per heavy atom. The van der Waals surface area contributed by atoms with Crippen molar-refractivity contribution in [2.75, 3.05) is 25.0 Å². The van der Waals surface area contributed by atoms with Gasteiger partial charge in [0, 0.05) is 36.3 Å². The molecule has 1 spiro atoms. The molecule has 156 valence electrons. The minimum absolute atomic E-state index is 0.0546. The summed E-state index contributed by atoms with van der Waals surface area (Å²) in [5, 5.41) is 13.3. The molecule has 1 saturated heterocycles. The first-order chi connectivity index (χ1) is 13.9. The van der Waals surface area contributed by atoms with Crippen molar-refractivity contribution in [1.29, 1.82) is 5.26 Å². The van der Waals surface area contributed by atoms with E-state index in [1.54, 1.807) is 12.1 Å². The smallest absolute Gasteiger partial charge is 0.227 e.